The van der Waals surface area contributed by atoms with Gasteiger partial charge in [0, 0.05) is 19.7 Å². The number of halogens is 2. The number of ether oxygens (including phenoxy) is 1. The van der Waals surface area contributed by atoms with Gasteiger partial charge in [-0.2, -0.15) is 0 Å². The zero-order valence-corrected chi connectivity index (χ0v) is 6.79. The summed E-state index contributed by atoms with van der Waals surface area (Å²) in [5.41, 5.74) is 0. The second kappa shape index (κ2) is 4.88. The van der Waals surface area contributed by atoms with Crippen molar-refractivity contribution in [3.05, 3.63) is 0 Å². The van der Waals surface area contributed by atoms with E-state index in [1.165, 1.54) is 0 Å². The molecular weight excluding hydrogens is 157 g/mol. The van der Waals surface area contributed by atoms with Crippen molar-refractivity contribution in [3.8, 4) is 0 Å². The van der Waals surface area contributed by atoms with Crippen molar-refractivity contribution in [1.82, 2.24) is 5.32 Å². The van der Waals surface area contributed by atoms with Crippen LogP contribution < -0.4 is 5.32 Å². The molecule has 1 heterocycles. The van der Waals surface area contributed by atoms with Crippen LogP contribution in [0.1, 0.15) is 6.42 Å². The maximum absolute atomic E-state index is 11.9. The lowest BCUT2D eigenvalue weighted by Crippen LogP contribution is -2.23. The summed E-state index contributed by atoms with van der Waals surface area (Å²) in [6.07, 6.45) is 1.04. The Balaban J connectivity index is 0.000000810. The third-order valence-corrected chi connectivity index (χ3v) is 1.70. The molecular formula is C6H13ClFNO. The maximum Gasteiger partial charge on any atom is 0.105 e. The quantitative estimate of drug-likeness (QED) is 0.659. The SMILES string of the molecule is COC1CNC(CF)C1.Cl. The minimum absolute atomic E-state index is 0. The molecule has 0 aliphatic carbocycles. The Kier molecular flexibility index (Phi) is 4.95. The van der Waals surface area contributed by atoms with Gasteiger partial charge in [-0.3, -0.25) is 0 Å². The van der Waals surface area contributed by atoms with Crippen molar-refractivity contribution < 1.29 is 9.13 Å². The predicted molar refractivity (Wildman–Crippen MR) is 40.4 cm³/mol. The Morgan fingerprint density at radius 2 is 2.40 bits per heavy atom. The van der Waals surface area contributed by atoms with Crippen LogP contribution in [-0.2, 0) is 4.74 Å². The summed E-state index contributed by atoms with van der Waals surface area (Å²) in [7, 11) is 1.66. The second-order valence-electron chi connectivity index (χ2n) is 2.35. The fourth-order valence-electron chi connectivity index (χ4n) is 1.08. The van der Waals surface area contributed by atoms with E-state index in [1.54, 1.807) is 7.11 Å². The summed E-state index contributed by atoms with van der Waals surface area (Å²) in [5, 5.41) is 3.01. The largest absolute Gasteiger partial charge is 0.380 e. The molecule has 10 heavy (non-hydrogen) atoms. The molecule has 1 rings (SSSR count). The summed E-state index contributed by atoms with van der Waals surface area (Å²) in [6, 6.07) is 0.0370. The van der Waals surface area contributed by atoms with E-state index in [0.29, 0.717) is 0 Å². The first-order valence-electron chi connectivity index (χ1n) is 3.19. The highest BCUT2D eigenvalue weighted by atomic mass is 35.5. The fourth-order valence-corrected chi connectivity index (χ4v) is 1.08. The first-order valence-corrected chi connectivity index (χ1v) is 3.19. The molecule has 1 fully saturated rings. The normalized spacial score (nSPS) is 31.8. The molecule has 1 aliphatic rings. The van der Waals surface area contributed by atoms with E-state index in [0.717, 1.165) is 13.0 Å². The Morgan fingerprint density at radius 1 is 1.70 bits per heavy atom. The highest BCUT2D eigenvalue weighted by Crippen LogP contribution is 2.08. The third kappa shape index (κ3) is 2.40. The maximum atomic E-state index is 11.9. The molecule has 4 heteroatoms. The molecule has 62 valence electrons. The summed E-state index contributed by atoms with van der Waals surface area (Å²) in [4.78, 5) is 0. The monoisotopic (exact) mass is 169 g/mol. The van der Waals surface area contributed by atoms with Crippen molar-refractivity contribution in [3.63, 3.8) is 0 Å². The van der Waals surface area contributed by atoms with Gasteiger partial charge in [-0.05, 0) is 6.42 Å². The van der Waals surface area contributed by atoms with Crippen molar-refractivity contribution in [2.45, 2.75) is 18.6 Å². The standard InChI is InChI=1S/C6H12FNO.ClH/c1-9-6-2-5(3-7)8-4-6;/h5-6,8H,2-4H2,1H3;1H. The van der Waals surface area contributed by atoms with Crippen LogP contribution in [0, 0.1) is 0 Å². The van der Waals surface area contributed by atoms with Gasteiger partial charge in [-0.25, -0.2) is 4.39 Å². The number of hydrogen-bond acceptors (Lipinski definition) is 2. The van der Waals surface area contributed by atoms with Crippen molar-refractivity contribution in [2.24, 2.45) is 0 Å². The molecule has 2 unspecified atom stereocenters. The van der Waals surface area contributed by atoms with E-state index in [1.807, 2.05) is 0 Å². The van der Waals surface area contributed by atoms with Gasteiger partial charge in [-0.15, -0.1) is 12.4 Å². The van der Waals surface area contributed by atoms with E-state index in [2.05, 4.69) is 5.32 Å². The molecule has 0 aromatic carbocycles. The van der Waals surface area contributed by atoms with Crippen LogP contribution >= 0.6 is 12.4 Å². The average molecular weight is 170 g/mol. The first kappa shape index (κ1) is 10.1. The van der Waals surface area contributed by atoms with Crippen molar-refractivity contribution in [2.75, 3.05) is 20.3 Å². The fraction of sp³-hybridized carbons (Fsp3) is 1.00. The summed E-state index contributed by atoms with van der Waals surface area (Å²) >= 11 is 0. The van der Waals surface area contributed by atoms with Crippen LogP contribution in [0.2, 0.25) is 0 Å². The molecule has 0 bridgehead atoms. The molecule has 0 spiro atoms. The molecule has 0 aromatic rings. The van der Waals surface area contributed by atoms with Gasteiger partial charge in [0.15, 0.2) is 0 Å². The van der Waals surface area contributed by atoms with E-state index in [4.69, 9.17) is 4.74 Å². The second-order valence-corrected chi connectivity index (χ2v) is 2.35. The molecule has 0 aromatic heterocycles. The van der Waals surface area contributed by atoms with Gasteiger partial charge >= 0.3 is 0 Å². The Morgan fingerprint density at radius 3 is 2.70 bits per heavy atom. The van der Waals surface area contributed by atoms with Gasteiger partial charge in [0.25, 0.3) is 0 Å². The van der Waals surface area contributed by atoms with E-state index < -0.39 is 0 Å². The highest BCUT2D eigenvalue weighted by Gasteiger charge is 2.22. The van der Waals surface area contributed by atoms with Gasteiger partial charge in [0.05, 0.1) is 6.10 Å². The number of nitrogens with one attached hydrogen (secondary N) is 1. The summed E-state index contributed by atoms with van der Waals surface area (Å²) < 4.78 is 16.9. The van der Waals surface area contributed by atoms with Crippen LogP contribution in [0.15, 0.2) is 0 Å². The molecule has 0 saturated carbocycles. The van der Waals surface area contributed by atoms with Crippen molar-refractivity contribution >= 4 is 12.4 Å². The minimum Gasteiger partial charge on any atom is -0.380 e. The Bertz CT molecular complexity index is 83.8. The molecule has 2 atom stereocenters. The third-order valence-electron chi connectivity index (χ3n) is 1.70. The number of hydrogen-bond donors (Lipinski definition) is 1. The topological polar surface area (TPSA) is 21.3 Å². The number of alkyl halides is 1. The molecule has 2 nitrogen and oxygen atoms in total. The van der Waals surface area contributed by atoms with Crippen LogP contribution in [0.5, 0.6) is 0 Å². The smallest absolute Gasteiger partial charge is 0.105 e. The van der Waals surface area contributed by atoms with Crippen LogP contribution in [0.4, 0.5) is 4.39 Å². The summed E-state index contributed by atoms with van der Waals surface area (Å²) in [6.45, 7) is 0.519. The summed E-state index contributed by atoms with van der Waals surface area (Å²) in [5.74, 6) is 0. The molecule has 1 aliphatic heterocycles. The first-order chi connectivity index (χ1) is 4.36. The van der Waals surface area contributed by atoms with Gasteiger partial charge in [0.1, 0.15) is 6.67 Å². The zero-order valence-electron chi connectivity index (χ0n) is 5.97. The number of methoxy groups -OCH3 is 1. The minimum atomic E-state index is -0.278. The molecule has 1 N–H and O–H groups in total. The lowest BCUT2D eigenvalue weighted by atomic mass is 10.2. The van der Waals surface area contributed by atoms with Gasteiger partial charge in [0.2, 0.25) is 0 Å². The molecule has 0 radical (unpaired) electrons. The average Bonchev–Trinajstić information content (AvgIpc) is 2.34. The van der Waals surface area contributed by atoms with Gasteiger partial charge in [-0.1, -0.05) is 0 Å². The zero-order chi connectivity index (χ0) is 6.69. The number of rotatable bonds is 2. The van der Waals surface area contributed by atoms with Gasteiger partial charge < -0.3 is 10.1 Å². The van der Waals surface area contributed by atoms with Crippen molar-refractivity contribution in [1.29, 1.82) is 0 Å². The Labute approximate surface area is 66.5 Å². The van der Waals surface area contributed by atoms with Crippen LogP contribution in [0.3, 0.4) is 0 Å². The highest BCUT2D eigenvalue weighted by molar-refractivity contribution is 5.85. The van der Waals surface area contributed by atoms with Crippen LogP contribution in [-0.4, -0.2) is 32.5 Å². The lowest BCUT2D eigenvalue weighted by molar-refractivity contribution is 0.116. The molecule has 1 saturated heterocycles. The van der Waals surface area contributed by atoms with Crippen LogP contribution in [0.25, 0.3) is 0 Å². The molecule has 0 amide bonds. The Hall–Kier alpha value is 0.140. The van der Waals surface area contributed by atoms with E-state index >= 15 is 0 Å². The van der Waals surface area contributed by atoms with E-state index in [-0.39, 0.29) is 31.2 Å². The van der Waals surface area contributed by atoms with E-state index in [9.17, 15) is 4.39 Å². The lowest BCUT2D eigenvalue weighted by Gasteiger charge is -2.03. The predicted octanol–water partition coefficient (Wildman–Crippen LogP) is 0.755.